The number of para-hydroxylation sites is 1. The van der Waals surface area contributed by atoms with Crippen LogP contribution in [-0.4, -0.2) is 23.3 Å². The van der Waals surface area contributed by atoms with Crippen LogP contribution in [0.4, 0.5) is 10.5 Å². The molecule has 0 radical (unpaired) electrons. The summed E-state index contributed by atoms with van der Waals surface area (Å²) in [6.45, 7) is 0. The minimum atomic E-state index is -0.412. The zero-order valence-electron chi connectivity index (χ0n) is 9.73. The first-order valence-corrected chi connectivity index (χ1v) is 6.06. The average Bonchev–Trinajstić information content (AvgIpc) is 2.33. The lowest BCUT2D eigenvalue weighted by atomic mass is 9.93. The molecule has 1 aliphatic rings. The van der Waals surface area contributed by atoms with Crippen molar-refractivity contribution in [2.24, 2.45) is 0 Å². The Hall–Kier alpha value is -1.55. The molecule has 2 amide bonds. The molecular formula is C13H18N2O2. The van der Waals surface area contributed by atoms with E-state index in [0.29, 0.717) is 0 Å². The molecule has 1 aromatic carbocycles. The highest BCUT2D eigenvalue weighted by Gasteiger charge is 2.24. The number of amides is 2. The molecule has 2 unspecified atom stereocenters. The smallest absolute Gasteiger partial charge is 0.319 e. The Labute approximate surface area is 101 Å². The molecule has 92 valence electrons. The number of aliphatic hydroxyl groups is 1. The zero-order chi connectivity index (χ0) is 12.1. The van der Waals surface area contributed by atoms with Crippen LogP contribution in [0.3, 0.4) is 0 Å². The van der Waals surface area contributed by atoms with Crippen LogP contribution in [0.1, 0.15) is 25.7 Å². The van der Waals surface area contributed by atoms with Crippen molar-refractivity contribution in [1.29, 1.82) is 0 Å². The second-order valence-electron chi connectivity index (χ2n) is 4.42. The number of urea groups is 1. The summed E-state index contributed by atoms with van der Waals surface area (Å²) in [5.74, 6) is 0. The number of rotatable bonds is 2. The highest BCUT2D eigenvalue weighted by Crippen LogP contribution is 2.18. The second kappa shape index (κ2) is 5.68. The monoisotopic (exact) mass is 234 g/mol. The van der Waals surface area contributed by atoms with Crippen LogP contribution in [0.25, 0.3) is 0 Å². The fourth-order valence-electron chi connectivity index (χ4n) is 2.14. The molecule has 0 saturated heterocycles. The van der Waals surface area contributed by atoms with Gasteiger partial charge in [0.15, 0.2) is 0 Å². The molecule has 4 heteroatoms. The highest BCUT2D eigenvalue weighted by molar-refractivity contribution is 5.89. The molecule has 2 atom stereocenters. The van der Waals surface area contributed by atoms with Crippen LogP contribution in [-0.2, 0) is 0 Å². The van der Waals surface area contributed by atoms with Crippen LogP contribution < -0.4 is 10.6 Å². The largest absolute Gasteiger partial charge is 0.391 e. The van der Waals surface area contributed by atoms with Crippen molar-refractivity contribution < 1.29 is 9.90 Å². The quantitative estimate of drug-likeness (QED) is 0.734. The topological polar surface area (TPSA) is 61.4 Å². The first-order chi connectivity index (χ1) is 8.25. The molecule has 1 saturated carbocycles. The van der Waals surface area contributed by atoms with E-state index in [2.05, 4.69) is 10.6 Å². The number of hydrogen-bond donors (Lipinski definition) is 3. The van der Waals surface area contributed by atoms with Crippen LogP contribution in [0.15, 0.2) is 30.3 Å². The van der Waals surface area contributed by atoms with Gasteiger partial charge in [-0.1, -0.05) is 31.0 Å². The third kappa shape index (κ3) is 3.46. The Morgan fingerprint density at radius 2 is 1.88 bits per heavy atom. The molecule has 0 aromatic heterocycles. The van der Waals surface area contributed by atoms with Gasteiger partial charge in [-0.15, -0.1) is 0 Å². The fraction of sp³-hybridized carbons (Fsp3) is 0.462. The summed E-state index contributed by atoms with van der Waals surface area (Å²) in [5.41, 5.74) is 0.760. The van der Waals surface area contributed by atoms with Crippen molar-refractivity contribution in [3.63, 3.8) is 0 Å². The summed E-state index contributed by atoms with van der Waals surface area (Å²) in [4.78, 5) is 11.7. The van der Waals surface area contributed by atoms with E-state index in [1.54, 1.807) is 0 Å². The van der Waals surface area contributed by atoms with Crippen molar-refractivity contribution in [2.75, 3.05) is 5.32 Å². The van der Waals surface area contributed by atoms with E-state index in [-0.39, 0.29) is 12.1 Å². The molecule has 0 bridgehead atoms. The highest BCUT2D eigenvalue weighted by atomic mass is 16.3. The molecule has 1 fully saturated rings. The van der Waals surface area contributed by atoms with Crippen LogP contribution in [0.2, 0.25) is 0 Å². The molecule has 4 nitrogen and oxygen atoms in total. The Balaban J connectivity index is 1.84. The number of nitrogens with one attached hydrogen (secondary N) is 2. The van der Waals surface area contributed by atoms with E-state index in [9.17, 15) is 9.90 Å². The van der Waals surface area contributed by atoms with Gasteiger partial charge in [-0.3, -0.25) is 0 Å². The van der Waals surface area contributed by atoms with Crippen molar-refractivity contribution in [2.45, 2.75) is 37.8 Å². The van der Waals surface area contributed by atoms with E-state index in [0.717, 1.165) is 31.4 Å². The maximum atomic E-state index is 11.7. The minimum absolute atomic E-state index is 0.118. The second-order valence-corrected chi connectivity index (χ2v) is 4.42. The van der Waals surface area contributed by atoms with Crippen LogP contribution >= 0.6 is 0 Å². The summed E-state index contributed by atoms with van der Waals surface area (Å²) >= 11 is 0. The van der Waals surface area contributed by atoms with Crippen molar-refractivity contribution >= 4 is 11.7 Å². The molecule has 1 aliphatic carbocycles. The third-order valence-electron chi connectivity index (χ3n) is 3.08. The predicted octanol–water partition coefficient (Wildman–Crippen LogP) is 2.11. The Kier molecular flexibility index (Phi) is 3.98. The van der Waals surface area contributed by atoms with Gasteiger partial charge in [0.2, 0.25) is 0 Å². The summed E-state index contributed by atoms with van der Waals surface area (Å²) in [6, 6.07) is 8.92. The van der Waals surface area contributed by atoms with E-state index < -0.39 is 6.10 Å². The van der Waals surface area contributed by atoms with Gasteiger partial charge in [0.25, 0.3) is 0 Å². The van der Waals surface area contributed by atoms with Gasteiger partial charge in [-0.2, -0.15) is 0 Å². The fourth-order valence-corrected chi connectivity index (χ4v) is 2.14. The SMILES string of the molecule is O=C(Nc1ccccc1)NC1CCCCC1O. The number of carbonyl (C=O) groups excluding carboxylic acids is 1. The Morgan fingerprint density at radius 1 is 1.18 bits per heavy atom. The number of carbonyl (C=O) groups is 1. The number of aliphatic hydroxyl groups excluding tert-OH is 1. The standard InChI is InChI=1S/C13H18N2O2/c16-12-9-5-4-8-11(12)15-13(17)14-10-6-2-1-3-7-10/h1-3,6-7,11-12,16H,4-5,8-9H2,(H2,14,15,17). The van der Waals surface area contributed by atoms with Gasteiger partial charge >= 0.3 is 6.03 Å². The van der Waals surface area contributed by atoms with Crippen LogP contribution in [0.5, 0.6) is 0 Å². The van der Waals surface area contributed by atoms with E-state index >= 15 is 0 Å². The van der Waals surface area contributed by atoms with Gasteiger partial charge in [-0.05, 0) is 25.0 Å². The first-order valence-electron chi connectivity index (χ1n) is 6.06. The Morgan fingerprint density at radius 3 is 2.59 bits per heavy atom. The summed E-state index contributed by atoms with van der Waals surface area (Å²) < 4.78 is 0. The third-order valence-corrected chi connectivity index (χ3v) is 3.08. The van der Waals surface area contributed by atoms with Crippen molar-refractivity contribution in [3.8, 4) is 0 Å². The lowest BCUT2D eigenvalue weighted by Crippen LogP contribution is -2.46. The van der Waals surface area contributed by atoms with E-state index in [1.165, 1.54) is 0 Å². The molecule has 0 aliphatic heterocycles. The summed E-state index contributed by atoms with van der Waals surface area (Å²) in [5, 5.41) is 15.3. The number of hydrogen-bond acceptors (Lipinski definition) is 2. The molecule has 1 aromatic rings. The van der Waals surface area contributed by atoms with Gasteiger partial charge in [0.1, 0.15) is 0 Å². The predicted molar refractivity (Wildman–Crippen MR) is 66.9 cm³/mol. The molecule has 2 rings (SSSR count). The molecular weight excluding hydrogens is 216 g/mol. The molecule has 3 N–H and O–H groups in total. The maximum Gasteiger partial charge on any atom is 0.319 e. The number of benzene rings is 1. The minimum Gasteiger partial charge on any atom is -0.391 e. The lowest BCUT2D eigenvalue weighted by molar-refractivity contribution is 0.0955. The molecule has 17 heavy (non-hydrogen) atoms. The molecule has 0 spiro atoms. The Bertz CT molecular complexity index is 367. The maximum absolute atomic E-state index is 11.7. The van der Waals surface area contributed by atoms with Crippen molar-refractivity contribution in [1.82, 2.24) is 5.32 Å². The van der Waals surface area contributed by atoms with Crippen LogP contribution in [0, 0.1) is 0 Å². The normalized spacial score (nSPS) is 24.1. The number of anilines is 1. The van der Waals surface area contributed by atoms with Gasteiger partial charge < -0.3 is 15.7 Å². The summed E-state index contributed by atoms with van der Waals surface area (Å²) in [7, 11) is 0. The van der Waals surface area contributed by atoms with E-state index in [4.69, 9.17) is 0 Å². The lowest BCUT2D eigenvalue weighted by Gasteiger charge is -2.28. The van der Waals surface area contributed by atoms with Gasteiger partial charge in [0.05, 0.1) is 12.1 Å². The van der Waals surface area contributed by atoms with E-state index in [1.807, 2.05) is 30.3 Å². The average molecular weight is 234 g/mol. The molecule has 0 heterocycles. The van der Waals surface area contributed by atoms with Crippen molar-refractivity contribution in [3.05, 3.63) is 30.3 Å². The zero-order valence-corrected chi connectivity index (χ0v) is 9.73. The van der Waals surface area contributed by atoms with Gasteiger partial charge in [-0.25, -0.2) is 4.79 Å². The van der Waals surface area contributed by atoms with Gasteiger partial charge in [0, 0.05) is 5.69 Å². The first kappa shape index (κ1) is 11.9. The summed E-state index contributed by atoms with van der Waals surface area (Å²) in [6.07, 6.45) is 3.32.